The molecule has 0 heterocycles. The van der Waals surface area contributed by atoms with E-state index in [0.29, 0.717) is 42.3 Å². The van der Waals surface area contributed by atoms with E-state index < -0.39 is 13.9 Å². The first kappa shape index (κ1) is 23.4. The number of esters is 2. The minimum Gasteiger partial charge on any atom is -0.469 e. The van der Waals surface area contributed by atoms with Crippen molar-refractivity contribution in [2.24, 2.45) is 17.3 Å². The van der Waals surface area contributed by atoms with E-state index in [1.54, 1.807) is 0 Å². The van der Waals surface area contributed by atoms with E-state index in [2.05, 4.69) is 48.5 Å². The van der Waals surface area contributed by atoms with Crippen molar-refractivity contribution in [2.45, 2.75) is 96.4 Å². The summed E-state index contributed by atoms with van der Waals surface area (Å²) in [6, 6.07) is 0. The lowest BCUT2D eigenvalue weighted by atomic mass is 9.44. The summed E-state index contributed by atoms with van der Waals surface area (Å²) in [5, 5.41) is 0. The van der Waals surface area contributed by atoms with Crippen molar-refractivity contribution in [3.8, 4) is 0 Å². The second kappa shape index (κ2) is 8.09. The molecule has 0 aliphatic heterocycles. The molecule has 0 N–H and O–H groups in total. The number of methoxy groups -OCH3 is 2. The molecule has 0 aromatic carbocycles. The van der Waals surface area contributed by atoms with Gasteiger partial charge in [0, 0.05) is 0 Å². The van der Waals surface area contributed by atoms with Crippen LogP contribution in [-0.2, 0) is 23.5 Å². The summed E-state index contributed by atoms with van der Waals surface area (Å²) in [5.41, 5.74) is 0.560. The molecule has 0 aromatic rings. The molecule has 28 heavy (non-hydrogen) atoms. The Hall–Kier alpha value is -0.883. The van der Waals surface area contributed by atoms with Crippen molar-refractivity contribution in [1.29, 1.82) is 0 Å². The van der Waals surface area contributed by atoms with Crippen LogP contribution < -0.4 is 0 Å². The molecular formula is C22H40O5Si. The maximum absolute atomic E-state index is 12.7. The zero-order valence-electron chi connectivity index (χ0n) is 19.3. The minimum absolute atomic E-state index is 0.112. The monoisotopic (exact) mass is 412 g/mol. The first-order valence-corrected chi connectivity index (χ1v) is 12.9. The Kier molecular flexibility index (Phi) is 6.76. The fourth-order valence-corrected chi connectivity index (χ4v) is 12.4. The van der Waals surface area contributed by atoms with Gasteiger partial charge in [-0.05, 0) is 47.7 Å². The lowest BCUT2D eigenvalue weighted by Gasteiger charge is -2.68. The lowest BCUT2D eigenvalue weighted by molar-refractivity contribution is -0.237. The van der Waals surface area contributed by atoms with Gasteiger partial charge in [-0.25, -0.2) is 0 Å². The van der Waals surface area contributed by atoms with Gasteiger partial charge in [0.2, 0.25) is 8.32 Å². The molecule has 2 fully saturated rings. The van der Waals surface area contributed by atoms with Crippen molar-refractivity contribution >= 4 is 20.3 Å². The molecule has 2 saturated carbocycles. The van der Waals surface area contributed by atoms with Crippen LogP contribution in [-0.4, -0.2) is 40.1 Å². The number of carbonyl (C=O) groups excluding carboxylic acids is 2. The molecule has 2 aliphatic rings. The predicted molar refractivity (Wildman–Crippen MR) is 112 cm³/mol. The second-order valence-corrected chi connectivity index (χ2v) is 15.5. The van der Waals surface area contributed by atoms with E-state index >= 15 is 0 Å². The third-order valence-corrected chi connectivity index (χ3v) is 14.0. The maximum Gasteiger partial charge on any atom is 0.311 e. The van der Waals surface area contributed by atoms with Crippen LogP contribution >= 0.6 is 0 Å². The number of rotatable bonds is 7. The van der Waals surface area contributed by atoms with Crippen molar-refractivity contribution in [1.82, 2.24) is 0 Å². The Morgan fingerprint density at radius 3 is 1.79 bits per heavy atom. The second-order valence-electron chi connectivity index (χ2n) is 10.1. The predicted octanol–water partition coefficient (Wildman–Crippen LogP) is 5.09. The van der Waals surface area contributed by atoms with Crippen LogP contribution in [0.3, 0.4) is 0 Å². The van der Waals surface area contributed by atoms with Gasteiger partial charge in [-0.3, -0.25) is 9.59 Å². The largest absolute Gasteiger partial charge is 0.469 e. The van der Waals surface area contributed by atoms with Crippen molar-refractivity contribution in [2.75, 3.05) is 14.2 Å². The Balaban J connectivity index is 2.50. The minimum atomic E-state index is -2.21. The SMILES string of the molecule is COC(=O)[C@@H]1CC[C@@]2(O[Si](C(C)C)(C(C)C)C(C)C)[C@@H](C(=O)OC)C[C@@]2(C)C1. The number of hydrogen-bond donors (Lipinski definition) is 0. The van der Waals surface area contributed by atoms with E-state index in [4.69, 9.17) is 13.9 Å². The van der Waals surface area contributed by atoms with Gasteiger partial charge < -0.3 is 13.9 Å². The average Bonchev–Trinajstić information content (AvgIpc) is 2.62. The lowest BCUT2D eigenvalue weighted by Crippen LogP contribution is -2.73. The Morgan fingerprint density at radius 2 is 1.39 bits per heavy atom. The molecule has 0 amide bonds. The summed E-state index contributed by atoms with van der Waals surface area (Å²) in [6.07, 6.45) is 2.84. The molecule has 5 nitrogen and oxygen atoms in total. The average molecular weight is 413 g/mol. The topological polar surface area (TPSA) is 61.8 Å². The highest BCUT2D eigenvalue weighted by Crippen LogP contribution is 2.67. The number of carbonyl (C=O) groups is 2. The van der Waals surface area contributed by atoms with Crippen molar-refractivity contribution in [3.63, 3.8) is 0 Å². The number of hydrogen-bond acceptors (Lipinski definition) is 5. The van der Waals surface area contributed by atoms with Crippen LogP contribution in [0, 0.1) is 17.3 Å². The van der Waals surface area contributed by atoms with Gasteiger partial charge in [0.1, 0.15) is 0 Å². The molecule has 0 bridgehead atoms. The van der Waals surface area contributed by atoms with Gasteiger partial charge in [-0.1, -0.05) is 48.5 Å². The smallest absolute Gasteiger partial charge is 0.311 e. The van der Waals surface area contributed by atoms with E-state index in [1.165, 1.54) is 14.2 Å². The summed E-state index contributed by atoms with van der Waals surface area (Å²) in [6.45, 7) is 15.8. The summed E-state index contributed by atoms with van der Waals surface area (Å²) >= 11 is 0. The van der Waals surface area contributed by atoms with Gasteiger partial charge in [0.15, 0.2) is 0 Å². The first-order valence-electron chi connectivity index (χ1n) is 10.8. The summed E-state index contributed by atoms with van der Waals surface area (Å²) in [4.78, 5) is 24.9. The number of ether oxygens (including phenoxy) is 2. The van der Waals surface area contributed by atoms with E-state index in [-0.39, 0.29) is 29.2 Å². The van der Waals surface area contributed by atoms with Crippen LogP contribution in [0.1, 0.15) is 74.1 Å². The zero-order chi connectivity index (χ0) is 21.5. The molecule has 162 valence electrons. The van der Waals surface area contributed by atoms with Gasteiger partial charge in [-0.2, -0.15) is 0 Å². The standard InChI is InChI=1S/C22H40O5Si/c1-14(2)28(15(3)4,16(5)6)27-22-11-10-17(19(23)25-8)12-21(22,7)13-18(22)20(24)26-9/h14-18H,10-13H2,1-9H3/t17-,18-,21-,22-/m1/s1. The van der Waals surface area contributed by atoms with Gasteiger partial charge in [0.25, 0.3) is 0 Å². The van der Waals surface area contributed by atoms with Crippen LogP contribution in [0.5, 0.6) is 0 Å². The zero-order valence-corrected chi connectivity index (χ0v) is 20.3. The molecule has 0 spiro atoms. The molecule has 6 heteroatoms. The third kappa shape index (κ3) is 3.34. The van der Waals surface area contributed by atoms with Gasteiger partial charge in [-0.15, -0.1) is 0 Å². The van der Waals surface area contributed by atoms with E-state index in [0.717, 1.165) is 0 Å². The number of fused-ring (bicyclic) bond motifs is 1. The molecule has 2 rings (SSSR count). The van der Waals surface area contributed by atoms with Crippen LogP contribution in [0.2, 0.25) is 16.6 Å². The third-order valence-electron chi connectivity index (χ3n) is 7.89. The summed E-state index contributed by atoms with van der Waals surface area (Å²) in [7, 11) is 0.709. The normalized spacial score (nSPS) is 32.9. The molecule has 4 atom stereocenters. The molecule has 0 aromatic heterocycles. The van der Waals surface area contributed by atoms with Crippen LogP contribution in [0.15, 0.2) is 0 Å². The fourth-order valence-electron chi connectivity index (χ4n) is 6.54. The van der Waals surface area contributed by atoms with Crippen LogP contribution in [0.25, 0.3) is 0 Å². The molecule has 0 radical (unpaired) electrons. The fraction of sp³-hybridized carbons (Fsp3) is 0.909. The van der Waals surface area contributed by atoms with Crippen LogP contribution in [0.4, 0.5) is 0 Å². The summed E-state index contributed by atoms with van der Waals surface area (Å²) in [5.74, 6) is -0.674. The van der Waals surface area contributed by atoms with Gasteiger partial charge in [0.05, 0.1) is 31.7 Å². The van der Waals surface area contributed by atoms with Crippen molar-refractivity contribution < 1.29 is 23.5 Å². The van der Waals surface area contributed by atoms with Gasteiger partial charge >= 0.3 is 11.9 Å². The van der Waals surface area contributed by atoms with Crippen molar-refractivity contribution in [3.05, 3.63) is 0 Å². The Labute approximate surface area is 172 Å². The first-order chi connectivity index (χ1) is 12.9. The Bertz CT molecular complexity index is 580. The maximum atomic E-state index is 12.7. The molecule has 0 unspecified atom stereocenters. The van der Waals surface area contributed by atoms with E-state index in [1.807, 2.05) is 0 Å². The molecular weight excluding hydrogens is 372 g/mol. The summed E-state index contributed by atoms with van der Waals surface area (Å²) < 4.78 is 17.5. The highest BCUT2D eigenvalue weighted by Gasteiger charge is 2.71. The highest BCUT2D eigenvalue weighted by atomic mass is 28.4. The quantitative estimate of drug-likeness (QED) is 0.430. The Morgan fingerprint density at radius 1 is 0.893 bits per heavy atom. The molecule has 0 saturated heterocycles. The molecule has 2 aliphatic carbocycles. The van der Waals surface area contributed by atoms with E-state index in [9.17, 15) is 9.59 Å². The highest BCUT2D eigenvalue weighted by molar-refractivity contribution is 6.77.